The van der Waals surface area contributed by atoms with E-state index in [-0.39, 0.29) is 12.8 Å². The van der Waals surface area contributed by atoms with Crippen molar-refractivity contribution in [3.63, 3.8) is 0 Å². The monoisotopic (exact) mass is 336 g/mol. The molecule has 0 saturated heterocycles. The Morgan fingerprint density at radius 2 is 1.65 bits per heavy atom. The highest BCUT2D eigenvalue weighted by Crippen LogP contribution is 2.39. The molecule has 0 saturated carbocycles. The van der Waals surface area contributed by atoms with Gasteiger partial charge in [0, 0.05) is 0 Å². The van der Waals surface area contributed by atoms with Crippen LogP contribution in [0, 0.1) is 0 Å². The summed E-state index contributed by atoms with van der Waals surface area (Å²) in [5.41, 5.74) is 6.98. The van der Waals surface area contributed by atoms with E-state index >= 15 is 0 Å². The Balaban J connectivity index is 1.77. The predicted octanol–water partition coefficient (Wildman–Crippen LogP) is 2.62. The predicted molar refractivity (Wildman–Crippen MR) is 85.6 cm³/mol. The van der Waals surface area contributed by atoms with Gasteiger partial charge in [-0.15, -0.1) is 0 Å². The second kappa shape index (κ2) is 7.78. The fraction of sp³-hybridized carbons (Fsp3) is 0.133. The molecule has 2 rings (SSSR count). The highest BCUT2D eigenvalue weighted by Gasteiger charge is 2.13. The zero-order valence-corrected chi connectivity index (χ0v) is 13.1. The third kappa shape index (κ3) is 6.52. The molecule has 4 N–H and O–H groups in total. The number of hydrogen-bond acceptors (Lipinski definition) is 4. The summed E-state index contributed by atoms with van der Waals surface area (Å²) < 4.78 is 15.9. The van der Waals surface area contributed by atoms with Crippen molar-refractivity contribution in [1.29, 1.82) is 0 Å². The van der Waals surface area contributed by atoms with Crippen molar-refractivity contribution < 1.29 is 23.9 Å². The molecule has 1 amide bonds. The Morgan fingerprint density at radius 3 is 2.26 bits per heavy atom. The fourth-order valence-electron chi connectivity index (χ4n) is 1.81. The van der Waals surface area contributed by atoms with Crippen LogP contribution in [-0.2, 0) is 22.1 Å². The van der Waals surface area contributed by atoms with Crippen LogP contribution in [0.15, 0.2) is 54.6 Å². The van der Waals surface area contributed by atoms with E-state index in [9.17, 15) is 9.36 Å². The van der Waals surface area contributed by atoms with Gasteiger partial charge in [-0.2, -0.15) is 0 Å². The van der Waals surface area contributed by atoms with Crippen LogP contribution in [0.2, 0.25) is 0 Å². The molecular formula is C15H17N2O5P. The molecule has 0 aliphatic heterocycles. The number of nitrogens with one attached hydrogen (secondary N) is 2. The van der Waals surface area contributed by atoms with Gasteiger partial charge in [0.25, 0.3) is 0 Å². The normalized spacial score (nSPS) is 10.9. The highest BCUT2D eigenvalue weighted by atomic mass is 31.2. The maximum atomic E-state index is 11.5. The maximum absolute atomic E-state index is 11.5. The summed E-state index contributed by atoms with van der Waals surface area (Å²) in [7, 11) is -4.08. The van der Waals surface area contributed by atoms with E-state index in [1.165, 1.54) is 0 Å². The number of carbonyl (C=O) groups excluding carboxylic acids is 1. The van der Waals surface area contributed by atoms with Crippen LogP contribution in [0.3, 0.4) is 0 Å². The van der Waals surface area contributed by atoms with E-state index < -0.39 is 13.7 Å². The molecule has 0 heterocycles. The number of benzene rings is 2. The number of hydrogen-bond donors (Lipinski definition) is 4. The molecule has 122 valence electrons. The average molecular weight is 336 g/mol. The number of amides is 1. The maximum Gasteiger partial charge on any atom is 0.426 e. The smallest absolute Gasteiger partial charge is 0.426 e. The number of hydrazine groups is 1. The van der Waals surface area contributed by atoms with Crippen molar-refractivity contribution in [1.82, 2.24) is 5.43 Å². The van der Waals surface area contributed by atoms with Gasteiger partial charge in [-0.1, -0.05) is 42.5 Å². The van der Waals surface area contributed by atoms with Gasteiger partial charge >= 0.3 is 13.7 Å². The quantitative estimate of drug-likeness (QED) is 0.477. The first kappa shape index (κ1) is 17.0. The molecule has 23 heavy (non-hydrogen) atoms. The van der Waals surface area contributed by atoms with Crippen LogP contribution in [-0.4, -0.2) is 15.9 Å². The van der Waals surface area contributed by atoms with Crippen molar-refractivity contribution in [3.05, 3.63) is 65.7 Å². The lowest BCUT2D eigenvalue weighted by molar-refractivity contribution is 0.142. The zero-order valence-electron chi connectivity index (χ0n) is 12.2. The Bertz CT molecular complexity index is 685. The van der Waals surface area contributed by atoms with E-state index in [2.05, 4.69) is 10.9 Å². The molecule has 0 spiro atoms. The van der Waals surface area contributed by atoms with E-state index in [0.717, 1.165) is 5.56 Å². The summed E-state index contributed by atoms with van der Waals surface area (Å²) in [6.07, 6.45) is -0.951. The minimum atomic E-state index is -4.08. The lowest BCUT2D eigenvalue weighted by Gasteiger charge is -2.10. The summed E-state index contributed by atoms with van der Waals surface area (Å²) in [5.74, 6) is 0. The molecule has 0 radical (unpaired) electrons. The van der Waals surface area contributed by atoms with Crippen LogP contribution in [0.4, 0.5) is 10.5 Å². The minimum absolute atomic E-state index is 0.162. The summed E-state index contributed by atoms with van der Waals surface area (Å²) in [4.78, 5) is 29.3. The van der Waals surface area contributed by atoms with Crippen LogP contribution < -0.4 is 10.9 Å². The fourth-order valence-corrected chi connectivity index (χ4v) is 2.50. The third-order valence-electron chi connectivity index (χ3n) is 2.86. The van der Waals surface area contributed by atoms with Gasteiger partial charge in [-0.25, -0.2) is 10.2 Å². The molecule has 0 bridgehead atoms. The number of ether oxygens (including phenoxy) is 1. The average Bonchev–Trinajstić information content (AvgIpc) is 2.52. The van der Waals surface area contributed by atoms with Gasteiger partial charge in [-0.05, 0) is 23.3 Å². The topological polar surface area (TPSA) is 108 Å². The lowest BCUT2D eigenvalue weighted by atomic mass is 10.2. The molecular weight excluding hydrogens is 319 g/mol. The lowest BCUT2D eigenvalue weighted by Crippen LogP contribution is -2.29. The molecule has 0 fully saturated rings. The van der Waals surface area contributed by atoms with E-state index in [0.29, 0.717) is 11.3 Å². The molecule has 8 heteroatoms. The molecule has 7 nitrogen and oxygen atoms in total. The van der Waals surface area contributed by atoms with Crippen LogP contribution >= 0.6 is 7.60 Å². The van der Waals surface area contributed by atoms with Crippen molar-refractivity contribution in [2.24, 2.45) is 0 Å². The first-order valence-corrected chi connectivity index (χ1v) is 8.58. The molecule has 0 aliphatic rings. The first-order valence-electron chi connectivity index (χ1n) is 6.78. The Labute approximate surface area is 133 Å². The standard InChI is InChI=1S/C15H17N2O5P/c18-15(22-10-12-4-2-1-3-5-12)17-16-14-8-6-13(7-9-14)11-23(19,20)21/h1-9,16H,10-11H2,(H,17,18)(H2,19,20,21). The third-order valence-corrected chi connectivity index (χ3v) is 3.64. The second-order valence-corrected chi connectivity index (χ2v) is 6.48. The Kier molecular flexibility index (Phi) is 5.76. The van der Waals surface area contributed by atoms with E-state index in [1.807, 2.05) is 30.3 Å². The van der Waals surface area contributed by atoms with Crippen LogP contribution in [0.1, 0.15) is 11.1 Å². The molecule has 0 aliphatic carbocycles. The van der Waals surface area contributed by atoms with E-state index in [4.69, 9.17) is 14.5 Å². The molecule has 0 aromatic heterocycles. The molecule has 2 aromatic rings. The Hall–Kier alpha value is -2.34. The molecule has 2 aromatic carbocycles. The second-order valence-electron chi connectivity index (χ2n) is 4.83. The largest absolute Gasteiger partial charge is 0.443 e. The van der Waals surface area contributed by atoms with Gasteiger partial charge in [0.1, 0.15) is 6.61 Å². The van der Waals surface area contributed by atoms with Crippen molar-refractivity contribution >= 4 is 19.4 Å². The number of anilines is 1. The van der Waals surface area contributed by atoms with Gasteiger partial charge in [0.15, 0.2) is 0 Å². The Morgan fingerprint density at radius 1 is 1.00 bits per heavy atom. The van der Waals surface area contributed by atoms with Crippen molar-refractivity contribution in [3.8, 4) is 0 Å². The molecule has 0 atom stereocenters. The number of carbonyl (C=O) groups is 1. The highest BCUT2D eigenvalue weighted by molar-refractivity contribution is 7.50. The summed E-state index contributed by atoms with van der Waals surface area (Å²) in [5, 5.41) is 0. The van der Waals surface area contributed by atoms with Gasteiger partial charge in [-0.3, -0.25) is 9.99 Å². The van der Waals surface area contributed by atoms with Crippen LogP contribution in [0.5, 0.6) is 0 Å². The van der Waals surface area contributed by atoms with Crippen molar-refractivity contribution in [2.45, 2.75) is 12.8 Å². The zero-order chi connectivity index (χ0) is 16.7. The summed E-state index contributed by atoms with van der Waals surface area (Å²) in [6, 6.07) is 15.6. The van der Waals surface area contributed by atoms with Gasteiger partial charge in [0.2, 0.25) is 0 Å². The number of rotatable bonds is 6. The summed E-state index contributed by atoms with van der Waals surface area (Å²) >= 11 is 0. The van der Waals surface area contributed by atoms with E-state index in [1.54, 1.807) is 24.3 Å². The summed E-state index contributed by atoms with van der Waals surface area (Å²) in [6.45, 7) is 0.162. The van der Waals surface area contributed by atoms with Gasteiger partial charge < -0.3 is 14.5 Å². The molecule has 0 unspecified atom stereocenters. The minimum Gasteiger partial charge on any atom is -0.443 e. The van der Waals surface area contributed by atoms with Gasteiger partial charge in [0.05, 0.1) is 11.8 Å². The van der Waals surface area contributed by atoms with Crippen LogP contribution in [0.25, 0.3) is 0 Å². The SMILES string of the molecule is O=C(NNc1ccc(CP(=O)(O)O)cc1)OCc1ccccc1. The first-order chi connectivity index (χ1) is 10.9. The van der Waals surface area contributed by atoms with Crippen molar-refractivity contribution in [2.75, 3.05) is 5.43 Å².